The minimum absolute atomic E-state index is 0. The van der Waals surface area contributed by atoms with Crippen LogP contribution >= 0.6 is 0 Å². The van der Waals surface area contributed by atoms with Crippen LogP contribution < -0.4 is 20.3 Å². The van der Waals surface area contributed by atoms with Crippen molar-refractivity contribution in [2.45, 2.75) is 64.1 Å². The fourth-order valence-electron chi connectivity index (χ4n) is 4.48. The van der Waals surface area contributed by atoms with E-state index in [2.05, 4.69) is 58.4 Å². The van der Waals surface area contributed by atoms with Gasteiger partial charge in [0.05, 0.1) is 11.9 Å². The number of urea groups is 1. The van der Waals surface area contributed by atoms with Crippen molar-refractivity contribution in [2.75, 3.05) is 35.7 Å². The predicted molar refractivity (Wildman–Crippen MR) is 132 cm³/mol. The number of ether oxygens (including phenoxy) is 1. The van der Waals surface area contributed by atoms with Crippen molar-refractivity contribution in [2.24, 2.45) is 0 Å². The molecule has 2 aromatic rings. The van der Waals surface area contributed by atoms with Crippen LogP contribution in [0.25, 0.3) is 0 Å². The monoisotopic (exact) mass is 439 g/mol. The Morgan fingerprint density at radius 3 is 2.44 bits per heavy atom. The second kappa shape index (κ2) is 10.2. The molecular formula is C25H37N5O2. The quantitative estimate of drug-likeness (QED) is 0.620. The van der Waals surface area contributed by atoms with E-state index < -0.39 is 0 Å². The van der Waals surface area contributed by atoms with E-state index >= 15 is 0 Å². The normalized spacial score (nSPS) is 19.0. The van der Waals surface area contributed by atoms with Crippen LogP contribution in [0.1, 0.15) is 47.4 Å². The molecule has 1 aliphatic carbocycles. The summed E-state index contributed by atoms with van der Waals surface area (Å²) in [5.41, 5.74) is 2.59. The van der Waals surface area contributed by atoms with Gasteiger partial charge in [-0.05, 0) is 83.3 Å². The van der Waals surface area contributed by atoms with E-state index in [1.807, 2.05) is 24.3 Å². The first kappa shape index (κ1) is 22.4. The van der Waals surface area contributed by atoms with E-state index in [4.69, 9.17) is 4.74 Å². The first-order valence-corrected chi connectivity index (χ1v) is 11.8. The van der Waals surface area contributed by atoms with Crippen molar-refractivity contribution in [3.63, 3.8) is 0 Å². The van der Waals surface area contributed by atoms with Crippen molar-refractivity contribution >= 4 is 23.1 Å². The van der Waals surface area contributed by atoms with Crippen LogP contribution in [0.3, 0.4) is 0 Å². The first-order valence-electron chi connectivity index (χ1n) is 11.8. The maximum Gasteiger partial charge on any atom is 0.323 e. The van der Waals surface area contributed by atoms with Crippen molar-refractivity contribution in [3.8, 4) is 5.88 Å². The molecule has 0 radical (unpaired) electrons. The minimum Gasteiger partial charge on any atom is -0.474 e. The molecule has 7 nitrogen and oxygen atoms in total. The zero-order valence-corrected chi connectivity index (χ0v) is 19.4. The van der Waals surface area contributed by atoms with Gasteiger partial charge in [0.1, 0.15) is 6.10 Å². The van der Waals surface area contributed by atoms with E-state index in [-0.39, 0.29) is 13.6 Å². The Morgan fingerprint density at radius 1 is 1.09 bits per heavy atom. The average molecular weight is 440 g/mol. The van der Waals surface area contributed by atoms with E-state index in [0.29, 0.717) is 23.7 Å². The molecule has 1 atom stereocenters. The molecule has 174 valence electrons. The molecule has 7 heteroatoms. The van der Waals surface area contributed by atoms with Crippen LogP contribution in [-0.2, 0) is 0 Å². The Balaban J connectivity index is 0.00000306. The summed E-state index contributed by atoms with van der Waals surface area (Å²) in [4.78, 5) is 21.5. The number of hydrogen-bond donors (Lipinski definition) is 2. The molecule has 2 amide bonds. The van der Waals surface area contributed by atoms with E-state index in [1.165, 1.54) is 24.9 Å². The summed E-state index contributed by atoms with van der Waals surface area (Å²) in [5.74, 6) is 0.613. The average Bonchev–Trinajstić information content (AvgIpc) is 3.47. The van der Waals surface area contributed by atoms with Gasteiger partial charge < -0.3 is 20.3 Å². The fraction of sp³-hybridized carbons (Fsp3) is 0.520. The number of nitrogens with zero attached hydrogens (tertiary/aromatic N) is 3. The number of carbonyl (C=O) groups excluding carboxylic acids is 1. The van der Waals surface area contributed by atoms with Crippen LogP contribution in [0.5, 0.6) is 5.88 Å². The Labute approximate surface area is 192 Å². The summed E-state index contributed by atoms with van der Waals surface area (Å²) >= 11 is 0. The van der Waals surface area contributed by atoms with Gasteiger partial charge in [-0.15, -0.1) is 0 Å². The van der Waals surface area contributed by atoms with Crippen molar-refractivity contribution in [1.29, 1.82) is 0 Å². The van der Waals surface area contributed by atoms with Gasteiger partial charge in [-0.25, -0.2) is 9.78 Å². The SMILES string of the molecule is CC(C)N(C)C1CCN(c2ccc(NC(=O)Nc3ccc(OC4CCCC4)nc3)cc2)C1.[HH]. The molecule has 2 heterocycles. The molecule has 2 fully saturated rings. The van der Waals surface area contributed by atoms with E-state index in [1.54, 1.807) is 6.20 Å². The Morgan fingerprint density at radius 2 is 1.78 bits per heavy atom. The lowest BCUT2D eigenvalue weighted by Gasteiger charge is -2.28. The number of pyridine rings is 1. The van der Waals surface area contributed by atoms with E-state index in [0.717, 1.165) is 31.6 Å². The summed E-state index contributed by atoms with van der Waals surface area (Å²) in [6.07, 6.45) is 7.71. The molecule has 1 saturated carbocycles. The number of rotatable bonds is 7. The lowest BCUT2D eigenvalue weighted by molar-refractivity contribution is 0.201. The predicted octanol–water partition coefficient (Wildman–Crippen LogP) is 5.21. The molecular weight excluding hydrogens is 402 g/mol. The summed E-state index contributed by atoms with van der Waals surface area (Å²) in [5, 5.41) is 5.71. The van der Waals surface area contributed by atoms with Crippen LogP contribution in [0, 0.1) is 0 Å². The number of benzene rings is 1. The lowest BCUT2D eigenvalue weighted by atomic mass is 10.2. The molecule has 0 spiro atoms. The smallest absolute Gasteiger partial charge is 0.323 e. The second-order valence-corrected chi connectivity index (χ2v) is 9.18. The number of hydrogen-bond acceptors (Lipinski definition) is 5. The van der Waals surface area contributed by atoms with Gasteiger partial charge in [0, 0.05) is 44.0 Å². The fourth-order valence-corrected chi connectivity index (χ4v) is 4.48. The number of amides is 2. The summed E-state index contributed by atoms with van der Waals surface area (Å²) in [7, 11) is 2.20. The van der Waals surface area contributed by atoms with Gasteiger partial charge >= 0.3 is 6.03 Å². The third kappa shape index (κ3) is 5.71. The zero-order valence-electron chi connectivity index (χ0n) is 19.4. The Kier molecular flexibility index (Phi) is 7.15. The topological polar surface area (TPSA) is 69.7 Å². The van der Waals surface area contributed by atoms with E-state index in [9.17, 15) is 4.79 Å². The van der Waals surface area contributed by atoms with Crippen molar-refractivity contribution < 1.29 is 11.0 Å². The largest absolute Gasteiger partial charge is 0.474 e. The van der Waals surface area contributed by atoms with Crippen LogP contribution in [0.2, 0.25) is 0 Å². The maximum atomic E-state index is 12.4. The van der Waals surface area contributed by atoms with Gasteiger partial charge in [-0.3, -0.25) is 4.90 Å². The molecule has 1 unspecified atom stereocenters. The third-order valence-electron chi connectivity index (χ3n) is 6.63. The van der Waals surface area contributed by atoms with Crippen molar-refractivity contribution in [1.82, 2.24) is 9.88 Å². The number of nitrogens with one attached hydrogen (secondary N) is 2. The van der Waals surface area contributed by atoms with Gasteiger partial charge in [0.15, 0.2) is 0 Å². The number of anilines is 3. The Bertz CT molecular complexity index is 885. The first-order chi connectivity index (χ1) is 15.5. The molecule has 1 aromatic heterocycles. The van der Waals surface area contributed by atoms with Crippen LogP contribution in [0.15, 0.2) is 42.6 Å². The molecule has 0 bridgehead atoms. The number of likely N-dealkylation sites (N-methyl/N-ethyl adjacent to an activating group) is 1. The lowest BCUT2D eigenvalue weighted by Crippen LogP contribution is -2.39. The maximum absolute atomic E-state index is 12.4. The number of aromatic nitrogens is 1. The highest BCUT2D eigenvalue weighted by atomic mass is 16.5. The van der Waals surface area contributed by atoms with Crippen LogP contribution in [-0.4, -0.2) is 54.2 Å². The molecule has 1 aromatic carbocycles. The molecule has 32 heavy (non-hydrogen) atoms. The summed E-state index contributed by atoms with van der Waals surface area (Å²) in [6, 6.07) is 12.5. The molecule has 2 N–H and O–H groups in total. The van der Waals surface area contributed by atoms with Gasteiger partial charge in [-0.2, -0.15) is 0 Å². The highest BCUT2D eigenvalue weighted by Crippen LogP contribution is 2.26. The van der Waals surface area contributed by atoms with Crippen molar-refractivity contribution in [3.05, 3.63) is 42.6 Å². The van der Waals surface area contributed by atoms with Crippen LogP contribution in [0.4, 0.5) is 21.9 Å². The molecule has 2 aliphatic rings. The summed E-state index contributed by atoms with van der Waals surface area (Å²) in [6.45, 7) is 6.57. The van der Waals surface area contributed by atoms with Gasteiger partial charge in [0.2, 0.25) is 5.88 Å². The summed E-state index contributed by atoms with van der Waals surface area (Å²) < 4.78 is 5.87. The molecule has 1 aliphatic heterocycles. The highest BCUT2D eigenvalue weighted by molar-refractivity contribution is 5.99. The third-order valence-corrected chi connectivity index (χ3v) is 6.63. The van der Waals surface area contributed by atoms with Gasteiger partial charge in [0.25, 0.3) is 0 Å². The number of carbonyl (C=O) groups is 1. The zero-order chi connectivity index (χ0) is 22.5. The molecule has 4 rings (SSSR count). The molecule has 1 saturated heterocycles. The Hall–Kier alpha value is -2.80. The highest BCUT2D eigenvalue weighted by Gasteiger charge is 2.27. The van der Waals surface area contributed by atoms with Gasteiger partial charge in [-0.1, -0.05) is 0 Å². The minimum atomic E-state index is -0.288. The standard InChI is InChI=1S/C25H35N5O2.H2/c1-18(2)29(3)22-14-15-30(17-22)21-11-8-19(9-12-21)27-25(31)28-20-10-13-24(26-16-20)32-23-6-4-5-7-23;/h8-13,16,18,22-23H,4-7,14-15,17H2,1-3H3,(H2,27,28,31);1H. The second-order valence-electron chi connectivity index (χ2n) is 9.18.